The predicted molar refractivity (Wildman–Crippen MR) is 141 cm³/mol. The van der Waals surface area contributed by atoms with Crippen LogP contribution >= 0.6 is 11.8 Å². The summed E-state index contributed by atoms with van der Waals surface area (Å²) in [6.45, 7) is 0.0908. The van der Waals surface area contributed by atoms with Gasteiger partial charge in [0, 0.05) is 40.3 Å². The molecule has 0 aliphatic rings. The van der Waals surface area contributed by atoms with Crippen LogP contribution in [-0.2, 0) is 9.59 Å². The van der Waals surface area contributed by atoms with Gasteiger partial charge in [-0.1, -0.05) is 30.0 Å². The van der Waals surface area contributed by atoms with E-state index in [0.29, 0.717) is 36.2 Å². The highest BCUT2D eigenvalue weighted by Gasteiger charge is 2.10. The van der Waals surface area contributed by atoms with Gasteiger partial charge in [0.1, 0.15) is 0 Å². The highest BCUT2D eigenvalue weighted by Crippen LogP contribution is 2.35. The minimum absolute atomic E-state index is 0.0745. The third kappa shape index (κ3) is 9.44. The number of aromatic nitrogens is 1. The Balaban J connectivity index is 0.00000137. The highest BCUT2D eigenvalue weighted by atomic mass is 32.2. The molecule has 3 rings (SSSR count). The van der Waals surface area contributed by atoms with E-state index >= 15 is 0 Å². The Morgan fingerprint density at radius 2 is 1.86 bits per heavy atom. The zero-order chi connectivity index (χ0) is 25.5. The number of nitrogens with one attached hydrogen (secondary N) is 2. The van der Waals surface area contributed by atoms with Crippen molar-refractivity contribution < 1.29 is 14.7 Å². The van der Waals surface area contributed by atoms with Crippen LogP contribution in [-0.4, -0.2) is 34.7 Å². The predicted octanol–water partition coefficient (Wildman–Crippen LogP) is 4.10. The van der Waals surface area contributed by atoms with Crippen molar-refractivity contribution in [2.45, 2.75) is 29.1 Å². The number of hydrogen-bond acceptors (Lipinski definition) is 7. The highest BCUT2D eigenvalue weighted by molar-refractivity contribution is 7.99. The van der Waals surface area contributed by atoms with Crippen molar-refractivity contribution in [3.8, 4) is 0 Å². The third-order valence-electron chi connectivity index (χ3n) is 4.62. The molecule has 0 atom stereocenters. The topological polar surface area (TPSA) is 155 Å². The van der Waals surface area contributed by atoms with Gasteiger partial charge in [-0.25, -0.2) is 0 Å². The van der Waals surface area contributed by atoms with Crippen LogP contribution in [0, 0.1) is 5.41 Å². The quantitative estimate of drug-likeness (QED) is 0.124. The van der Waals surface area contributed by atoms with Gasteiger partial charge in [-0.15, -0.1) is 0 Å². The van der Waals surface area contributed by atoms with Crippen LogP contribution in [0.25, 0.3) is 6.08 Å². The first-order valence-corrected chi connectivity index (χ1v) is 11.7. The van der Waals surface area contributed by atoms with Gasteiger partial charge in [0.2, 0.25) is 12.3 Å². The molecule has 8 nitrogen and oxygen atoms in total. The average Bonchev–Trinajstić information content (AvgIpc) is 2.85. The van der Waals surface area contributed by atoms with Gasteiger partial charge in [0.25, 0.3) is 0 Å². The lowest BCUT2D eigenvalue weighted by molar-refractivity contribution is -0.116. The lowest BCUT2D eigenvalue weighted by atomic mass is 10.1. The van der Waals surface area contributed by atoms with E-state index < -0.39 is 0 Å². The fourth-order valence-corrected chi connectivity index (χ4v) is 3.93. The first-order chi connectivity index (χ1) is 17.0. The maximum atomic E-state index is 12.2. The summed E-state index contributed by atoms with van der Waals surface area (Å²) in [7, 11) is 0. The molecule has 0 fully saturated rings. The first kappa shape index (κ1) is 27.3. The second-order valence-electron chi connectivity index (χ2n) is 7.21. The largest absolute Gasteiger partial charge is 0.398 e. The van der Waals surface area contributed by atoms with Gasteiger partial charge >= 0.3 is 0 Å². The van der Waals surface area contributed by atoms with E-state index in [0.717, 1.165) is 21.2 Å². The molecule has 0 saturated carbocycles. The monoisotopic (exact) mass is 491 g/mol. The molecule has 0 unspecified atom stereocenters. The van der Waals surface area contributed by atoms with E-state index in [1.807, 2.05) is 60.7 Å². The van der Waals surface area contributed by atoms with Gasteiger partial charge in [-0.3, -0.25) is 14.6 Å². The number of nitrogens with zero attached hydrogens (tertiary/aromatic N) is 1. The molecular formula is C26H29N5O3S. The number of carbonyl (C=O) groups excluding carboxylic acids is 2. The number of pyridine rings is 1. The van der Waals surface area contributed by atoms with Gasteiger partial charge in [0.05, 0.1) is 17.1 Å². The number of primary amides is 1. The molecule has 0 aliphatic carbocycles. The summed E-state index contributed by atoms with van der Waals surface area (Å²) in [5, 5.41) is 20.1. The number of hydrogen-bond donors (Lipinski definition) is 5. The molecule has 1 aromatic heterocycles. The van der Waals surface area contributed by atoms with Crippen LogP contribution in [0.1, 0.15) is 30.5 Å². The van der Waals surface area contributed by atoms with Crippen LogP contribution in [0.5, 0.6) is 0 Å². The number of unbranched alkanes of at least 4 members (excludes halogenated alkanes) is 1. The molecule has 0 saturated heterocycles. The number of allylic oxidation sites excluding steroid dienone is 1. The van der Waals surface area contributed by atoms with E-state index in [2.05, 4.69) is 16.0 Å². The van der Waals surface area contributed by atoms with Crippen molar-refractivity contribution in [2.75, 3.05) is 17.7 Å². The summed E-state index contributed by atoms with van der Waals surface area (Å²) < 4.78 is 0. The summed E-state index contributed by atoms with van der Waals surface area (Å²) in [6, 6.07) is 18.8. The smallest absolute Gasteiger partial charge is 0.224 e. The Bertz CT molecular complexity index is 1150. The molecule has 35 heavy (non-hydrogen) atoms. The van der Waals surface area contributed by atoms with Gasteiger partial charge in [0.15, 0.2) is 0 Å². The number of aliphatic hydroxyl groups excluding tert-OH is 1. The number of anilines is 2. The van der Waals surface area contributed by atoms with Crippen molar-refractivity contribution in [2.24, 2.45) is 5.73 Å². The summed E-state index contributed by atoms with van der Waals surface area (Å²) in [4.78, 5) is 26.8. The number of nitrogen functional groups attached to an aromatic ring is 1. The number of carbonyl (C=O) groups is 2. The van der Waals surface area contributed by atoms with Crippen LogP contribution in [0.4, 0.5) is 11.4 Å². The van der Waals surface area contributed by atoms with Crippen LogP contribution in [0.3, 0.4) is 0 Å². The normalized spacial score (nSPS) is 10.3. The molecule has 7 N–H and O–H groups in total. The molecule has 9 heteroatoms. The Hall–Kier alpha value is -3.95. The van der Waals surface area contributed by atoms with Crippen molar-refractivity contribution in [1.29, 1.82) is 5.41 Å². The summed E-state index contributed by atoms with van der Waals surface area (Å²) in [5.41, 5.74) is 13.4. The number of aliphatic hydroxyl groups is 1. The number of amides is 2. The van der Waals surface area contributed by atoms with Crippen molar-refractivity contribution in [3.05, 3.63) is 84.2 Å². The maximum Gasteiger partial charge on any atom is 0.224 e. The fourth-order valence-electron chi connectivity index (χ4n) is 2.98. The van der Waals surface area contributed by atoms with Gasteiger partial charge < -0.3 is 27.3 Å². The molecule has 0 bridgehead atoms. The zero-order valence-electron chi connectivity index (χ0n) is 19.2. The molecule has 1 heterocycles. The maximum absolute atomic E-state index is 12.2. The molecule has 182 valence electrons. The Kier molecular flexibility index (Phi) is 11.7. The minimum atomic E-state index is -0.0745. The number of nitrogens with two attached hydrogens (primary N) is 2. The molecule has 0 spiro atoms. The lowest BCUT2D eigenvalue weighted by Crippen LogP contribution is -2.12. The SMILES string of the molecule is N=C(/C=C/c1ccccn1)c1ccc(Sc2ccccc2NC(=O)CCCCO)cc1N.NC=O. The zero-order valence-corrected chi connectivity index (χ0v) is 20.0. The standard InChI is InChI=1S/C25H26N4O2S.CH3NO/c26-21(14-11-18-7-3-5-15-28-18)20-13-12-19(17-22(20)27)32-24-9-2-1-8-23(24)29-25(31)10-4-6-16-30;2-1-3/h1-3,5,7-9,11-15,17,26,30H,4,6,10,16,27H2,(H,29,31);1H,(H2,2,3)/b14-11+,26-21?;. The molecular weight excluding hydrogens is 462 g/mol. The molecule has 0 aliphatic heterocycles. The number of para-hydroxylation sites is 1. The van der Waals surface area contributed by atoms with Crippen LogP contribution in [0.2, 0.25) is 0 Å². The summed E-state index contributed by atoms with van der Waals surface area (Å²) in [5.74, 6) is -0.0745. The van der Waals surface area contributed by atoms with Crippen LogP contribution < -0.4 is 16.8 Å². The fraction of sp³-hybridized carbons (Fsp3) is 0.154. The summed E-state index contributed by atoms with van der Waals surface area (Å²) in [6.07, 6.45) is 7.05. The summed E-state index contributed by atoms with van der Waals surface area (Å²) >= 11 is 1.50. The second-order valence-corrected chi connectivity index (χ2v) is 8.33. The van der Waals surface area contributed by atoms with E-state index in [1.165, 1.54) is 11.8 Å². The van der Waals surface area contributed by atoms with Crippen molar-refractivity contribution in [1.82, 2.24) is 4.98 Å². The van der Waals surface area contributed by atoms with Crippen molar-refractivity contribution in [3.63, 3.8) is 0 Å². The average molecular weight is 492 g/mol. The van der Waals surface area contributed by atoms with E-state index in [1.54, 1.807) is 18.3 Å². The van der Waals surface area contributed by atoms with Crippen LogP contribution in [0.15, 0.2) is 82.7 Å². The van der Waals surface area contributed by atoms with Gasteiger partial charge in [-0.05, 0) is 67.5 Å². The molecule has 2 amide bonds. The Morgan fingerprint density at radius 3 is 2.54 bits per heavy atom. The molecule has 2 aromatic carbocycles. The molecule has 3 aromatic rings. The second kappa shape index (κ2) is 15.0. The van der Waals surface area contributed by atoms with Crippen molar-refractivity contribution >= 4 is 47.2 Å². The molecule has 0 radical (unpaired) electrons. The first-order valence-electron chi connectivity index (χ1n) is 10.9. The number of benzene rings is 2. The van der Waals surface area contributed by atoms with E-state index in [-0.39, 0.29) is 18.9 Å². The Morgan fingerprint density at radius 1 is 1.11 bits per heavy atom. The van der Waals surface area contributed by atoms with E-state index in [4.69, 9.17) is 21.0 Å². The Labute approximate surface area is 209 Å². The van der Waals surface area contributed by atoms with Gasteiger partial charge in [-0.2, -0.15) is 0 Å². The van der Waals surface area contributed by atoms with E-state index in [9.17, 15) is 4.79 Å². The third-order valence-corrected chi connectivity index (χ3v) is 5.69. The number of rotatable bonds is 10. The minimum Gasteiger partial charge on any atom is -0.398 e. The lowest BCUT2D eigenvalue weighted by Gasteiger charge is -2.12.